The number of halogens is 2. The molecule has 2 fully saturated rings. The van der Waals surface area contributed by atoms with E-state index in [1.807, 2.05) is 31.2 Å². The SMILES string of the molecule is CCOc1cc(C=NNc2nc(N3CCCCC3)nc(N3CCCCC3)n2)ccc1OCc1ccc(Cl)cc1Cl. The van der Waals surface area contributed by atoms with Gasteiger partial charge in [0.1, 0.15) is 6.61 Å². The summed E-state index contributed by atoms with van der Waals surface area (Å²) in [5, 5.41) is 5.58. The lowest BCUT2D eigenvalue weighted by Gasteiger charge is -2.30. The van der Waals surface area contributed by atoms with Crippen LogP contribution in [0.3, 0.4) is 0 Å². The second-order valence-electron chi connectivity index (χ2n) is 9.89. The summed E-state index contributed by atoms with van der Waals surface area (Å²) in [6.07, 6.45) is 8.82. The average molecular weight is 585 g/mol. The van der Waals surface area contributed by atoms with Crippen molar-refractivity contribution in [2.75, 3.05) is 48.0 Å². The van der Waals surface area contributed by atoms with Crippen molar-refractivity contribution in [1.29, 1.82) is 0 Å². The van der Waals surface area contributed by atoms with Crippen LogP contribution in [0, 0.1) is 0 Å². The molecule has 2 aliphatic heterocycles. The van der Waals surface area contributed by atoms with Gasteiger partial charge < -0.3 is 19.3 Å². The monoisotopic (exact) mass is 583 g/mol. The molecule has 0 atom stereocenters. The van der Waals surface area contributed by atoms with Crippen molar-refractivity contribution < 1.29 is 9.47 Å². The van der Waals surface area contributed by atoms with Gasteiger partial charge in [-0.05, 0) is 81.3 Å². The number of nitrogens with one attached hydrogen (secondary N) is 1. The molecular weight excluding hydrogens is 549 g/mol. The first-order valence-corrected chi connectivity index (χ1v) is 14.7. The summed E-state index contributed by atoms with van der Waals surface area (Å²) >= 11 is 12.3. The third kappa shape index (κ3) is 7.46. The molecule has 0 bridgehead atoms. The fraction of sp³-hybridized carbons (Fsp3) is 0.448. The first kappa shape index (κ1) is 28.2. The number of hydrogen-bond acceptors (Lipinski definition) is 9. The Bertz CT molecular complexity index is 1280. The maximum Gasteiger partial charge on any atom is 0.250 e. The maximum atomic E-state index is 6.30. The zero-order valence-electron chi connectivity index (χ0n) is 22.8. The quantitative estimate of drug-likeness (QED) is 0.211. The van der Waals surface area contributed by atoms with Crippen LogP contribution in [0.25, 0.3) is 0 Å². The predicted molar refractivity (Wildman–Crippen MR) is 162 cm³/mol. The van der Waals surface area contributed by atoms with Gasteiger partial charge in [0, 0.05) is 41.8 Å². The average Bonchev–Trinajstić information content (AvgIpc) is 2.98. The number of nitrogens with zero attached hydrogens (tertiary/aromatic N) is 6. The van der Waals surface area contributed by atoms with Gasteiger partial charge in [-0.25, -0.2) is 5.43 Å². The first-order valence-electron chi connectivity index (χ1n) is 14.0. The lowest BCUT2D eigenvalue weighted by Crippen LogP contribution is -2.34. The highest BCUT2D eigenvalue weighted by Crippen LogP contribution is 2.30. The molecule has 0 aliphatic carbocycles. The lowest BCUT2D eigenvalue weighted by molar-refractivity contribution is 0.269. The molecule has 3 heterocycles. The Kier molecular flexibility index (Phi) is 9.78. The highest BCUT2D eigenvalue weighted by molar-refractivity contribution is 6.35. The molecule has 1 N–H and O–H groups in total. The van der Waals surface area contributed by atoms with E-state index in [1.54, 1.807) is 18.3 Å². The number of hydrazone groups is 1. The van der Waals surface area contributed by atoms with E-state index in [0.29, 0.717) is 52.6 Å². The number of ether oxygens (including phenoxy) is 2. The van der Waals surface area contributed by atoms with E-state index in [2.05, 4.69) is 20.3 Å². The molecule has 2 saturated heterocycles. The predicted octanol–water partition coefficient (Wildman–Crippen LogP) is 6.58. The van der Waals surface area contributed by atoms with E-state index in [1.165, 1.54) is 12.8 Å². The minimum absolute atomic E-state index is 0.295. The van der Waals surface area contributed by atoms with Crippen molar-refractivity contribution in [2.45, 2.75) is 52.1 Å². The van der Waals surface area contributed by atoms with Crippen molar-refractivity contribution in [3.63, 3.8) is 0 Å². The molecule has 0 amide bonds. The van der Waals surface area contributed by atoms with E-state index in [0.717, 1.165) is 63.0 Å². The number of piperidine rings is 2. The van der Waals surface area contributed by atoms with E-state index in [9.17, 15) is 0 Å². The van der Waals surface area contributed by atoms with Crippen LogP contribution in [0.1, 0.15) is 56.6 Å². The number of benzene rings is 2. The second-order valence-corrected chi connectivity index (χ2v) is 10.7. The largest absolute Gasteiger partial charge is 0.490 e. The lowest BCUT2D eigenvalue weighted by atomic mass is 10.1. The Labute approximate surface area is 245 Å². The Balaban J connectivity index is 1.30. The molecular formula is C29H35Cl2N7O2. The van der Waals surface area contributed by atoms with Crippen LogP contribution < -0.4 is 24.7 Å². The van der Waals surface area contributed by atoms with E-state index in [4.69, 9.17) is 47.6 Å². The number of hydrogen-bond donors (Lipinski definition) is 1. The van der Waals surface area contributed by atoms with Gasteiger partial charge in [-0.2, -0.15) is 20.1 Å². The van der Waals surface area contributed by atoms with Gasteiger partial charge in [0.05, 0.1) is 12.8 Å². The molecule has 2 aromatic carbocycles. The van der Waals surface area contributed by atoms with Crippen LogP contribution in [0.5, 0.6) is 11.5 Å². The summed E-state index contributed by atoms with van der Waals surface area (Å²) in [7, 11) is 0. The summed E-state index contributed by atoms with van der Waals surface area (Å²) in [4.78, 5) is 18.7. The molecule has 2 aliphatic rings. The van der Waals surface area contributed by atoms with Gasteiger partial charge in [-0.1, -0.05) is 29.3 Å². The van der Waals surface area contributed by atoms with E-state index < -0.39 is 0 Å². The van der Waals surface area contributed by atoms with Gasteiger partial charge in [0.25, 0.3) is 0 Å². The summed E-state index contributed by atoms with van der Waals surface area (Å²) in [5.41, 5.74) is 4.72. The zero-order valence-corrected chi connectivity index (χ0v) is 24.3. The molecule has 0 saturated carbocycles. The van der Waals surface area contributed by atoms with Gasteiger partial charge in [-0.15, -0.1) is 0 Å². The summed E-state index contributed by atoms with van der Waals surface area (Å²) in [5.74, 6) is 3.12. The van der Waals surface area contributed by atoms with Crippen LogP contribution >= 0.6 is 23.2 Å². The fourth-order valence-corrected chi connectivity index (χ4v) is 5.29. The van der Waals surface area contributed by atoms with E-state index in [-0.39, 0.29) is 0 Å². The molecule has 40 heavy (non-hydrogen) atoms. The van der Waals surface area contributed by atoms with Crippen molar-refractivity contribution in [2.24, 2.45) is 5.10 Å². The zero-order chi connectivity index (χ0) is 27.7. The fourth-order valence-electron chi connectivity index (χ4n) is 4.83. The van der Waals surface area contributed by atoms with E-state index >= 15 is 0 Å². The summed E-state index contributed by atoms with van der Waals surface area (Å²) in [6, 6.07) is 11.0. The Morgan fingerprint density at radius 2 is 1.50 bits per heavy atom. The number of rotatable bonds is 10. The van der Waals surface area contributed by atoms with Gasteiger partial charge in [0.2, 0.25) is 17.8 Å². The standard InChI is InChI=1S/C29H35Cl2N7O2/c1-2-39-26-17-21(9-12-25(26)40-20-22-10-11-23(30)18-24(22)31)19-32-36-27-33-28(37-13-5-3-6-14-37)35-29(34-27)38-15-7-4-8-16-38/h9-12,17-19H,2-8,13-16,20H2,1H3,(H,33,34,35,36). The van der Waals surface area contributed by atoms with Crippen LogP contribution in [0.15, 0.2) is 41.5 Å². The molecule has 1 aromatic heterocycles. The highest BCUT2D eigenvalue weighted by atomic mass is 35.5. The molecule has 0 radical (unpaired) electrons. The van der Waals surface area contributed by atoms with Gasteiger partial charge >= 0.3 is 0 Å². The second kappa shape index (κ2) is 13.9. The van der Waals surface area contributed by atoms with Crippen LogP contribution in [0.4, 0.5) is 17.8 Å². The molecule has 0 unspecified atom stereocenters. The Hall–Kier alpha value is -3.30. The minimum Gasteiger partial charge on any atom is -0.490 e. The first-order chi connectivity index (χ1) is 19.6. The maximum absolute atomic E-state index is 6.30. The van der Waals surface area contributed by atoms with Gasteiger partial charge in [0.15, 0.2) is 11.5 Å². The Morgan fingerprint density at radius 3 is 2.12 bits per heavy atom. The molecule has 212 valence electrons. The highest BCUT2D eigenvalue weighted by Gasteiger charge is 2.20. The van der Waals surface area contributed by atoms with Gasteiger partial charge in [-0.3, -0.25) is 0 Å². The third-order valence-electron chi connectivity index (χ3n) is 6.93. The Morgan fingerprint density at radius 1 is 0.825 bits per heavy atom. The molecule has 11 heteroatoms. The molecule has 0 spiro atoms. The van der Waals surface area contributed by atoms with Crippen molar-refractivity contribution in [3.8, 4) is 11.5 Å². The topological polar surface area (TPSA) is 88.0 Å². The third-order valence-corrected chi connectivity index (χ3v) is 7.52. The molecule has 3 aromatic rings. The van der Waals surface area contributed by atoms with Crippen molar-refractivity contribution in [3.05, 3.63) is 57.6 Å². The smallest absolute Gasteiger partial charge is 0.250 e. The van der Waals surface area contributed by atoms with Crippen molar-refractivity contribution in [1.82, 2.24) is 15.0 Å². The molecule has 5 rings (SSSR count). The summed E-state index contributed by atoms with van der Waals surface area (Å²) in [6.45, 7) is 6.58. The van der Waals surface area contributed by atoms with Crippen LogP contribution in [0.2, 0.25) is 10.0 Å². The van der Waals surface area contributed by atoms with Crippen LogP contribution in [-0.2, 0) is 6.61 Å². The van der Waals surface area contributed by atoms with Crippen molar-refractivity contribution >= 4 is 47.3 Å². The molecule has 9 nitrogen and oxygen atoms in total. The summed E-state index contributed by atoms with van der Waals surface area (Å²) < 4.78 is 11.9. The van der Waals surface area contributed by atoms with Crippen LogP contribution in [-0.4, -0.2) is 54.0 Å². The minimum atomic E-state index is 0.295. The normalized spacial score (nSPS) is 15.9. The number of aromatic nitrogens is 3. The number of anilines is 3.